The summed E-state index contributed by atoms with van der Waals surface area (Å²) in [5.74, 6) is 0. The van der Waals surface area contributed by atoms with E-state index in [4.69, 9.17) is 9.97 Å². The molecule has 0 atom stereocenters. The zero-order valence-electron chi connectivity index (χ0n) is 38.9. The third-order valence-corrected chi connectivity index (χ3v) is 15.4. The van der Waals surface area contributed by atoms with E-state index in [0.29, 0.717) is 0 Å². The van der Waals surface area contributed by atoms with Crippen LogP contribution in [0.15, 0.2) is 243 Å². The van der Waals surface area contributed by atoms with E-state index < -0.39 is 0 Å². The third kappa shape index (κ3) is 5.57. The average molecular weight is 913 g/mol. The molecule has 16 aromatic rings. The number of aromatic nitrogens is 4. The molecule has 16 rings (SSSR count). The first-order chi connectivity index (χ1) is 35.7. The van der Waals surface area contributed by atoms with Crippen LogP contribution < -0.4 is 0 Å². The fraction of sp³-hybridized carbons (Fsp3) is 0. The largest absolute Gasteiger partial charge is 0.309 e. The molecule has 0 aliphatic heterocycles. The van der Waals surface area contributed by atoms with E-state index in [2.05, 4.69) is 240 Å². The van der Waals surface area contributed by atoms with Gasteiger partial charge in [-0.2, -0.15) is 0 Å². The van der Waals surface area contributed by atoms with Crippen LogP contribution in [0.3, 0.4) is 0 Å². The Kier molecular flexibility index (Phi) is 8.14. The van der Waals surface area contributed by atoms with Crippen LogP contribution in [-0.4, -0.2) is 19.1 Å². The molecule has 0 unspecified atom stereocenters. The number of para-hydroxylation sites is 3. The van der Waals surface area contributed by atoms with Crippen LogP contribution in [0.2, 0.25) is 0 Å². The van der Waals surface area contributed by atoms with Gasteiger partial charge in [-0.05, 0) is 131 Å². The van der Waals surface area contributed by atoms with Crippen LogP contribution in [0.1, 0.15) is 0 Å². The minimum Gasteiger partial charge on any atom is -0.309 e. The molecular formula is C68H40N4. The Morgan fingerprint density at radius 2 is 0.833 bits per heavy atom. The van der Waals surface area contributed by atoms with Crippen molar-refractivity contribution in [2.24, 2.45) is 0 Å². The molecule has 0 radical (unpaired) electrons. The van der Waals surface area contributed by atoms with Crippen molar-refractivity contribution in [3.8, 4) is 33.9 Å². The van der Waals surface area contributed by atoms with Gasteiger partial charge in [0.15, 0.2) is 0 Å². The first-order valence-electron chi connectivity index (χ1n) is 24.7. The van der Waals surface area contributed by atoms with Crippen LogP contribution in [0.25, 0.3) is 153 Å². The lowest BCUT2D eigenvalue weighted by Gasteiger charge is -2.16. The smallest absolute Gasteiger partial charge is 0.0979 e. The summed E-state index contributed by atoms with van der Waals surface area (Å²) in [6, 6.07) is 88.7. The van der Waals surface area contributed by atoms with E-state index in [-0.39, 0.29) is 0 Å². The maximum absolute atomic E-state index is 5.47. The van der Waals surface area contributed by atoms with E-state index in [9.17, 15) is 0 Å². The summed E-state index contributed by atoms with van der Waals surface area (Å²) in [5, 5.41) is 19.6. The van der Waals surface area contributed by atoms with Gasteiger partial charge in [-0.1, -0.05) is 176 Å². The molecule has 3 heterocycles. The predicted octanol–water partition coefficient (Wildman–Crippen LogP) is 18.1. The molecule has 0 aliphatic carbocycles. The third-order valence-electron chi connectivity index (χ3n) is 15.4. The molecule has 0 aliphatic rings. The van der Waals surface area contributed by atoms with E-state index in [1.54, 1.807) is 0 Å². The van der Waals surface area contributed by atoms with E-state index in [1.165, 1.54) is 86.4 Å². The number of hydrogen-bond acceptors (Lipinski definition) is 2. The first-order valence-corrected chi connectivity index (χ1v) is 24.7. The topological polar surface area (TPSA) is 35.6 Å². The van der Waals surface area contributed by atoms with E-state index in [1.807, 2.05) is 12.1 Å². The van der Waals surface area contributed by atoms with Gasteiger partial charge in [-0.25, -0.2) is 9.97 Å². The molecule has 0 N–H and O–H groups in total. The second-order valence-corrected chi connectivity index (χ2v) is 19.2. The number of benzene rings is 13. The molecule has 0 amide bonds. The standard InChI is InChI=1S/C68H40N4/c1-2-17-43-40-64-57(38-42(43)16-1)66-61(29-14-30-62(66)72-60-28-12-9-24-55(60)65-48-19-4-3-15-41(48)32-36-63(65)72)71(64)46-33-35-47-44(37-46)18-13-25-54(47)68-67(69-58-26-10-11-27-59(58)70-68)45-31-34-53-51-22-6-5-20-49(51)50-21-7-8-23-52(50)56(53)39-45/h1-40H. The Hall–Kier alpha value is -9.64. The quantitative estimate of drug-likeness (QED) is 0.165. The summed E-state index contributed by atoms with van der Waals surface area (Å²) in [7, 11) is 0. The van der Waals surface area contributed by atoms with Gasteiger partial charge in [0.1, 0.15) is 0 Å². The molecule has 0 saturated heterocycles. The lowest BCUT2D eigenvalue weighted by Crippen LogP contribution is -1.98. The lowest BCUT2D eigenvalue weighted by atomic mass is 9.92. The molecular weight excluding hydrogens is 873 g/mol. The number of hydrogen-bond donors (Lipinski definition) is 0. The Labute approximate surface area is 412 Å². The molecule has 3 aromatic heterocycles. The monoisotopic (exact) mass is 912 g/mol. The molecule has 332 valence electrons. The van der Waals surface area contributed by atoms with Gasteiger partial charge in [0, 0.05) is 38.4 Å². The van der Waals surface area contributed by atoms with Gasteiger partial charge in [0.25, 0.3) is 0 Å². The van der Waals surface area contributed by atoms with Gasteiger partial charge in [0.2, 0.25) is 0 Å². The Morgan fingerprint density at radius 3 is 1.61 bits per heavy atom. The summed E-state index contributed by atoms with van der Waals surface area (Å²) in [5.41, 5.74) is 12.5. The first kappa shape index (κ1) is 39.2. The molecule has 4 nitrogen and oxygen atoms in total. The van der Waals surface area contributed by atoms with E-state index in [0.717, 1.165) is 66.7 Å². The van der Waals surface area contributed by atoms with Crippen LogP contribution in [0, 0.1) is 0 Å². The highest BCUT2D eigenvalue weighted by atomic mass is 15.0. The lowest BCUT2D eigenvalue weighted by molar-refractivity contribution is 1.17. The molecule has 4 heteroatoms. The van der Waals surface area contributed by atoms with Gasteiger partial charge >= 0.3 is 0 Å². The number of rotatable bonds is 4. The second kappa shape index (κ2) is 14.9. The molecule has 0 fully saturated rings. The summed E-state index contributed by atoms with van der Waals surface area (Å²) in [4.78, 5) is 10.9. The Balaban J connectivity index is 0.927. The minimum absolute atomic E-state index is 0.864. The van der Waals surface area contributed by atoms with Crippen molar-refractivity contribution in [3.63, 3.8) is 0 Å². The molecule has 72 heavy (non-hydrogen) atoms. The van der Waals surface area contributed by atoms with Crippen molar-refractivity contribution in [1.82, 2.24) is 19.1 Å². The van der Waals surface area contributed by atoms with Crippen LogP contribution >= 0.6 is 0 Å². The van der Waals surface area contributed by atoms with Crippen molar-refractivity contribution in [2.75, 3.05) is 0 Å². The van der Waals surface area contributed by atoms with Crippen LogP contribution in [-0.2, 0) is 0 Å². The highest BCUT2D eigenvalue weighted by Crippen LogP contribution is 2.45. The second-order valence-electron chi connectivity index (χ2n) is 19.2. The maximum atomic E-state index is 5.47. The predicted molar refractivity (Wildman–Crippen MR) is 304 cm³/mol. The fourth-order valence-electron chi connectivity index (χ4n) is 12.3. The van der Waals surface area contributed by atoms with Crippen molar-refractivity contribution in [1.29, 1.82) is 0 Å². The van der Waals surface area contributed by atoms with Gasteiger partial charge in [-0.3, -0.25) is 0 Å². The summed E-state index contributed by atoms with van der Waals surface area (Å²) < 4.78 is 4.97. The Morgan fingerprint density at radius 1 is 0.264 bits per heavy atom. The average Bonchev–Trinajstić information content (AvgIpc) is 3.96. The minimum atomic E-state index is 0.864. The maximum Gasteiger partial charge on any atom is 0.0979 e. The summed E-state index contributed by atoms with van der Waals surface area (Å²) in [6.07, 6.45) is 0. The summed E-state index contributed by atoms with van der Waals surface area (Å²) >= 11 is 0. The fourth-order valence-corrected chi connectivity index (χ4v) is 12.3. The number of nitrogens with zero attached hydrogens (tertiary/aromatic N) is 4. The van der Waals surface area contributed by atoms with Gasteiger partial charge < -0.3 is 9.13 Å². The zero-order chi connectivity index (χ0) is 47.0. The van der Waals surface area contributed by atoms with Gasteiger partial charge in [-0.15, -0.1) is 0 Å². The normalized spacial score (nSPS) is 12.2. The SMILES string of the molecule is c1ccc2cc3c(cc2c1)c1c(-n2c4ccccc4c4c5ccccc5ccc42)cccc1n3-c1ccc2c(-c3nc4ccccc4nc3-c3ccc4c5ccccc5c5ccccc5c4c3)cccc2c1. The molecule has 13 aromatic carbocycles. The molecule has 0 spiro atoms. The van der Waals surface area contributed by atoms with Crippen molar-refractivity contribution in [2.45, 2.75) is 0 Å². The van der Waals surface area contributed by atoms with E-state index >= 15 is 0 Å². The van der Waals surface area contributed by atoms with Gasteiger partial charge in [0.05, 0.1) is 50.2 Å². The van der Waals surface area contributed by atoms with Crippen molar-refractivity contribution >= 4 is 119 Å². The van der Waals surface area contributed by atoms with Crippen LogP contribution in [0.5, 0.6) is 0 Å². The summed E-state index contributed by atoms with van der Waals surface area (Å²) in [6.45, 7) is 0. The van der Waals surface area contributed by atoms with Crippen molar-refractivity contribution in [3.05, 3.63) is 243 Å². The number of fused-ring (bicyclic) bond motifs is 17. The highest BCUT2D eigenvalue weighted by Gasteiger charge is 2.23. The molecule has 0 bridgehead atoms. The molecule has 0 saturated carbocycles. The highest BCUT2D eigenvalue weighted by molar-refractivity contribution is 6.26. The van der Waals surface area contributed by atoms with Crippen molar-refractivity contribution < 1.29 is 0 Å². The zero-order valence-corrected chi connectivity index (χ0v) is 38.9. The Bertz CT molecular complexity index is 4960. The van der Waals surface area contributed by atoms with Crippen LogP contribution in [0.4, 0.5) is 0 Å².